The zero-order valence-corrected chi connectivity index (χ0v) is 17.5. The van der Waals surface area contributed by atoms with Gasteiger partial charge in [0.15, 0.2) is 11.4 Å². The van der Waals surface area contributed by atoms with E-state index in [1.165, 1.54) is 20.5 Å². The van der Waals surface area contributed by atoms with E-state index in [9.17, 15) is 9.59 Å². The maximum absolute atomic E-state index is 12.0. The molecule has 0 saturated heterocycles. The third-order valence-electron chi connectivity index (χ3n) is 4.29. The van der Waals surface area contributed by atoms with Gasteiger partial charge in [-0.3, -0.25) is 0 Å². The third kappa shape index (κ3) is 6.12. The number of unbranched alkanes of at least 4 members (excludes halogenated alkanes) is 3. The molecular weight excluding hydrogens is 400 g/mol. The first-order valence-electron chi connectivity index (χ1n) is 9.20. The van der Waals surface area contributed by atoms with E-state index in [0.717, 1.165) is 25.7 Å². The van der Waals surface area contributed by atoms with E-state index in [1.54, 1.807) is 29.9 Å². The minimum absolute atomic E-state index is 0.0379. The van der Waals surface area contributed by atoms with Gasteiger partial charge in [-0.05, 0) is 25.0 Å². The molecule has 0 radical (unpaired) electrons. The second kappa shape index (κ2) is 11.3. The smallest absolute Gasteiger partial charge is 0.359 e. The summed E-state index contributed by atoms with van der Waals surface area (Å²) in [6, 6.07) is 5.30. The highest BCUT2D eigenvalue weighted by Crippen LogP contribution is 2.28. The molecular formula is C20H25ClN2O6. The third-order valence-corrected chi connectivity index (χ3v) is 4.58. The summed E-state index contributed by atoms with van der Waals surface area (Å²) in [5.74, 6) is 0.0265. The first kappa shape index (κ1) is 22.5. The Morgan fingerprint density at radius 2 is 1.76 bits per heavy atom. The molecule has 0 amide bonds. The van der Waals surface area contributed by atoms with Gasteiger partial charge in [-0.15, -0.1) is 0 Å². The Morgan fingerprint density at radius 1 is 1.03 bits per heavy atom. The maximum Gasteiger partial charge on any atom is 0.359 e. The van der Waals surface area contributed by atoms with E-state index in [0.29, 0.717) is 29.7 Å². The van der Waals surface area contributed by atoms with E-state index in [2.05, 4.69) is 9.72 Å². The fraction of sp³-hybridized carbons (Fsp3) is 0.450. The number of aromatic nitrogens is 2. The first-order valence-corrected chi connectivity index (χ1v) is 9.57. The van der Waals surface area contributed by atoms with Crippen molar-refractivity contribution >= 4 is 23.5 Å². The number of ether oxygens (including phenoxy) is 4. The molecule has 9 heteroatoms. The standard InChI is InChI=1S/C20H25ClN2O6/c1-26-14-8-9-16(15(21)12-14)29-11-7-5-4-6-10-23-13-22-17(19(24)27-2)18(23)20(25)28-3/h8-9,12-13H,4-7,10-11H2,1-3H3. The summed E-state index contributed by atoms with van der Waals surface area (Å²) >= 11 is 6.14. The van der Waals surface area contributed by atoms with E-state index in [1.807, 2.05) is 0 Å². The van der Waals surface area contributed by atoms with Crippen molar-refractivity contribution < 1.29 is 28.5 Å². The van der Waals surface area contributed by atoms with Gasteiger partial charge in [-0.1, -0.05) is 24.4 Å². The van der Waals surface area contributed by atoms with Gasteiger partial charge in [0.1, 0.15) is 11.5 Å². The molecule has 0 unspecified atom stereocenters. The van der Waals surface area contributed by atoms with E-state index in [-0.39, 0.29) is 11.4 Å². The van der Waals surface area contributed by atoms with Gasteiger partial charge in [0, 0.05) is 12.6 Å². The number of rotatable bonds is 11. The zero-order valence-electron chi connectivity index (χ0n) is 16.8. The number of imidazole rings is 1. The predicted octanol–water partition coefficient (Wildman–Crippen LogP) is 3.76. The van der Waals surface area contributed by atoms with Gasteiger partial charge in [0.25, 0.3) is 0 Å². The topological polar surface area (TPSA) is 88.9 Å². The molecule has 29 heavy (non-hydrogen) atoms. The van der Waals surface area contributed by atoms with Crippen molar-refractivity contribution in [1.29, 1.82) is 0 Å². The zero-order chi connectivity index (χ0) is 21.2. The Labute approximate surface area is 174 Å². The van der Waals surface area contributed by atoms with E-state index < -0.39 is 11.9 Å². The number of esters is 2. The minimum atomic E-state index is -0.668. The molecule has 0 fully saturated rings. The Bertz CT molecular complexity index is 836. The number of carbonyl (C=O) groups excluding carboxylic acids is 2. The largest absolute Gasteiger partial charge is 0.497 e. The second-order valence-corrected chi connectivity index (χ2v) is 6.58. The number of carbonyl (C=O) groups is 2. The van der Waals surface area contributed by atoms with Crippen molar-refractivity contribution in [3.8, 4) is 11.5 Å². The molecule has 1 aromatic carbocycles. The van der Waals surface area contributed by atoms with Gasteiger partial charge >= 0.3 is 11.9 Å². The number of aryl methyl sites for hydroxylation is 1. The van der Waals surface area contributed by atoms with Crippen LogP contribution in [-0.4, -0.2) is 49.4 Å². The lowest BCUT2D eigenvalue weighted by atomic mass is 10.2. The monoisotopic (exact) mass is 424 g/mol. The molecule has 0 bridgehead atoms. The van der Waals surface area contributed by atoms with E-state index >= 15 is 0 Å². The van der Waals surface area contributed by atoms with Gasteiger partial charge < -0.3 is 23.5 Å². The fourth-order valence-electron chi connectivity index (χ4n) is 2.75. The van der Waals surface area contributed by atoms with Gasteiger partial charge in [0.2, 0.25) is 0 Å². The number of methoxy groups -OCH3 is 3. The number of hydrogen-bond acceptors (Lipinski definition) is 7. The first-order chi connectivity index (χ1) is 14.0. The summed E-state index contributed by atoms with van der Waals surface area (Å²) in [5, 5.41) is 0.515. The molecule has 0 aliphatic heterocycles. The summed E-state index contributed by atoms with van der Waals surface area (Å²) in [6.07, 6.45) is 4.99. The van der Waals surface area contributed by atoms with Gasteiger partial charge in [-0.25, -0.2) is 14.6 Å². The average Bonchev–Trinajstić information content (AvgIpc) is 3.16. The molecule has 0 N–H and O–H groups in total. The van der Waals surface area contributed by atoms with Crippen molar-refractivity contribution in [3.63, 3.8) is 0 Å². The minimum Gasteiger partial charge on any atom is -0.497 e. The highest BCUT2D eigenvalue weighted by molar-refractivity contribution is 6.32. The van der Waals surface area contributed by atoms with Gasteiger partial charge in [-0.2, -0.15) is 0 Å². The van der Waals surface area contributed by atoms with Crippen LogP contribution >= 0.6 is 11.6 Å². The van der Waals surface area contributed by atoms with Crippen LogP contribution in [0, 0.1) is 0 Å². The lowest BCUT2D eigenvalue weighted by molar-refractivity contribution is 0.0543. The summed E-state index contributed by atoms with van der Waals surface area (Å²) in [7, 11) is 4.08. The number of nitrogens with zero attached hydrogens (tertiary/aromatic N) is 2. The normalized spacial score (nSPS) is 10.5. The highest BCUT2D eigenvalue weighted by Gasteiger charge is 2.24. The lowest BCUT2D eigenvalue weighted by Gasteiger charge is -2.10. The van der Waals surface area contributed by atoms with Crippen molar-refractivity contribution in [3.05, 3.63) is 40.9 Å². The van der Waals surface area contributed by atoms with Crippen LogP contribution in [0.3, 0.4) is 0 Å². The molecule has 8 nitrogen and oxygen atoms in total. The van der Waals surface area contributed by atoms with Crippen LogP contribution in [0.2, 0.25) is 5.02 Å². The predicted molar refractivity (Wildman–Crippen MR) is 107 cm³/mol. The summed E-state index contributed by atoms with van der Waals surface area (Å²) < 4.78 is 21.8. The molecule has 1 heterocycles. The van der Waals surface area contributed by atoms with Crippen LogP contribution in [0.25, 0.3) is 0 Å². The van der Waals surface area contributed by atoms with Crippen molar-refractivity contribution in [1.82, 2.24) is 9.55 Å². The summed E-state index contributed by atoms with van der Waals surface area (Å²) in [5.41, 5.74) is 0.0703. The van der Waals surface area contributed by atoms with Crippen LogP contribution in [0.4, 0.5) is 0 Å². The highest BCUT2D eigenvalue weighted by atomic mass is 35.5. The SMILES string of the molecule is COC(=O)c1ncn(CCCCCCOc2ccc(OC)cc2Cl)c1C(=O)OC. The van der Waals surface area contributed by atoms with Crippen LogP contribution in [0.1, 0.15) is 46.7 Å². The molecule has 0 aliphatic rings. The van der Waals surface area contributed by atoms with Crippen LogP contribution < -0.4 is 9.47 Å². The molecule has 0 saturated carbocycles. The van der Waals surface area contributed by atoms with Crippen LogP contribution in [-0.2, 0) is 16.0 Å². The number of halogens is 1. The number of hydrogen-bond donors (Lipinski definition) is 0. The Hall–Kier alpha value is -2.74. The van der Waals surface area contributed by atoms with Crippen LogP contribution in [0.15, 0.2) is 24.5 Å². The summed E-state index contributed by atoms with van der Waals surface area (Å²) in [6.45, 7) is 1.09. The summed E-state index contributed by atoms with van der Waals surface area (Å²) in [4.78, 5) is 27.7. The fourth-order valence-corrected chi connectivity index (χ4v) is 2.98. The number of benzene rings is 1. The maximum atomic E-state index is 12.0. The molecule has 158 valence electrons. The quantitative estimate of drug-likeness (QED) is 0.400. The van der Waals surface area contributed by atoms with Crippen molar-refractivity contribution in [2.24, 2.45) is 0 Å². The molecule has 0 atom stereocenters. The van der Waals surface area contributed by atoms with Crippen molar-refractivity contribution in [2.45, 2.75) is 32.2 Å². The van der Waals surface area contributed by atoms with Crippen LogP contribution in [0.5, 0.6) is 11.5 Å². The molecule has 0 aliphatic carbocycles. The molecule has 1 aromatic heterocycles. The van der Waals surface area contributed by atoms with Gasteiger partial charge in [0.05, 0.1) is 39.3 Å². The Kier molecular flexibility index (Phi) is 8.79. The molecule has 2 aromatic rings. The van der Waals surface area contributed by atoms with E-state index in [4.69, 9.17) is 25.8 Å². The molecule has 0 spiro atoms. The second-order valence-electron chi connectivity index (χ2n) is 6.18. The Morgan fingerprint density at radius 3 is 2.41 bits per heavy atom. The lowest BCUT2D eigenvalue weighted by Crippen LogP contribution is -2.16. The average molecular weight is 425 g/mol. The molecule has 2 rings (SSSR count). The Balaban J connectivity index is 1.76. The van der Waals surface area contributed by atoms with Crippen molar-refractivity contribution in [2.75, 3.05) is 27.9 Å².